The highest BCUT2D eigenvalue weighted by Gasteiger charge is 2.17. The molecule has 0 aliphatic heterocycles. The minimum Gasteiger partial charge on any atom is -0.493 e. The average molecular weight is 570 g/mol. The van der Waals surface area contributed by atoms with Crippen LogP contribution in [0.25, 0.3) is 0 Å². The van der Waals surface area contributed by atoms with Crippen molar-refractivity contribution in [2.45, 2.75) is 0 Å². The normalized spacial score (nSPS) is 10.5. The molecule has 0 fully saturated rings. The number of amides is 2. The third-order valence-electron chi connectivity index (χ3n) is 4.92. The number of carbonyl (C=O) groups excluding carboxylic acids is 3. The summed E-state index contributed by atoms with van der Waals surface area (Å²) in [5.74, 6) is -0.193. The topological polar surface area (TPSA) is 125 Å². The molecule has 3 aromatic carbocycles. The molecule has 2 amide bonds. The van der Waals surface area contributed by atoms with Crippen LogP contribution in [-0.4, -0.2) is 51.9 Å². The summed E-state index contributed by atoms with van der Waals surface area (Å²) < 4.78 is 21.7. The van der Waals surface area contributed by atoms with Gasteiger partial charge in [0, 0.05) is 10.0 Å². The van der Waals surface area contributed by atoms with Crippen molar-refractivity contribution in [3.05, 3.63) is 81.8 Å². The van der Waals surface area contributed by atoms with Crippen molar-refractivity contribution in [2.24, 2.45) is 5.10 Å². The summed E-state index contributed by atoms with van der Waals surface area (Å²) in [5, 5.41) is 6.38. The molecule has 0 unspecified atom stereocenters. The third-order valence-corrected chi connectivity index (χ3v) is 5.62. The molecule has 0 aliphatic carbocycles. The maximum absolute atomic E-state index is 12.5. The number of hydrogen-bond donors (Lipinski definition) is 2. The maximum atomic E-state index is 12.5. The van der Waals surface area contributed by atoms with Gasteiger partial charge in [0.15, 0.2) is 11.5 Å². The first-order chi connectivity index (χ1) is 17.9. The van der Waals surface area contributed by atoms with Gasteiger partial charge in [0.1, 0.15) is 5.75 Å². The van der Waals surface area contributed by atoms with Gasteiger partial charge in [-0.15, -0.1) is 0 Å². The highest BCUT2D eigenvalue weighted by atomic mass is 79.9. The van der Waals surface area contributed by atoms with Gasteiger partial charge >= 0.3 is 5.97 Å². The smallest absolute Gasteiger partial charge is 0.344 e. The van der Waals surface area contributed by atoms with Crippen LogP contribution >= 0.6 is 15.9 Å². The molecule has 0 spiro atoms. The van der Waals surface area contributed by atoms with Crippen molar-refractivity contribution in [3.63, 3.8) is 0 Å². The van der Waals surface area contributed by atoms with Crippen LogP contribution in [0.15, 0.2) is 70.2 Å². The number of ether oxygens (including phenoxy) is 4. The second kappa shape index (κ2) is 13.1. The lowest BCUT2D eigenvalue weighted by molar-refractivity contribution is -0.120. The van der Waals surface area contributed by atoms with E-state index in [0.29, 0.717) is 38.6 Å². The number of rotatable bonds is 10. The first-order valence-electron chi connectivity index (χ1n) is 10.8. The number of halogens is 1. The largest absolute Gasteiger partial charge is 0.493 e. The summed E-state index contributed by atoms with van der Waals surface area (Å²) in [4.78, 5) is 36.8. The molecular formula is C26H24BrN3O7. The molecular weight excluding hydrogens is 546 g/mol. The SMILES string of the molecule is COc1cc(C(=O)NCC(=O)NN=Cc2ccc(OC(=O)c3ccccc3Br)cc2)cc(OC)c1OC. The maximum Gasteiger partial charge on any atom is 0.344 e. The lowest BCUT2D eigenvalue weighted by atomic mass is 10.1. The first kappa shape index (κ1) is 27.2. The summed E-state index contributed by atoms with van der Waals surface area (Å²) in [6.07, 6.45) is 1.41. The molecule has 2 N–H and O–H groups in total. The van der Waals surface area contributed by atoms with Gasteiger partial charge in [-0.05, 0) is 70.0 Å². The molecule has 0 saturated carbocycles. The Morgan fingerprint density at radius 2 is 1.57 bits per heavy atom. The fourth-order valence-corrected chi connectivity index (χ4v) is 3.55. The Hall–Kier alpha value is -4.38. The van der Waals surface area contributed by atoms with E-state index in [1.54, 1.807) is 48.5 Å². The Bertz CT molecular complexity index is 1280. The summed E-state index contributed by atoms with van der Waals surface area (Å²) in [6.45, 7) is -0.309. The van der Waals surface area contributed by atoms with Crippen LogP contribution in [-0.2, 0) is 4.79 Å². The highest BCUT2D eigenvalue weighted by molar-refractivity contribution is 9.10. The second-order valence-corrected chi connectivity index (χ2v) is 8.18. The minimum absolute atomic E-state index is 0.228. The zero-order chi connectivity index (χ0) is 26.8. The Kier molecular flexibility index (Phi) is 9.61. The van der Waals surface area contributed by atoms with Crippen LogP contribution in [0.2, 0.25) is 0 Å². The van der Waals surface area contributed by atoms with Gasteiger partial charge in [0.25, 0.3) is 11.8 Å². The van der Waals surface area contributed by atoms with Gasteiger partial charge in [-0.2, -0.15) is 5.10 Å². The first-order valence-corrected chi connectivity index (χ1v) is 11.6. The van der Waals surface area contributed by atoms with Crippen LogP contribution in [0, 0.1) is 0 Å². The molecule has 3 rings (SSSR count). The monoisotopic (exact) mass is 569 g/mol. The molecule has 0 atom stereocenters. The van der Waals surface area contributed by atoms with E-state index in [9.17, 15) is 14.4 Å². The predicted molar refractivity (Wildman–Crippen MR) is 140 cm³/mol. The van der Waals surface area contributed by atoms with Gasteiger partial charge in [-0.1, -0.05) is 12.1 Å². The highest BCUT2D eigenvalue weighted by Crippen LogP contribution is 2.38. The summed E-state index contributed by atoms with van der Waals surface area (Å²) in [5.41, 5.74) is 3.63. The molecule has 0 aromatic heterocycles. The Labute approximate surface area is 221 Å². The zero-order valence-corrected chi connectivity index (χ0v) is 21.8. The van der Waals surface area contributed by atoms with Crippen LogP contribution in [0.1, 0.15) is 26.3 Å². The van der Waals surface area contributed by atoms with E-state index in [4.69, 9.17) is 18.9 Å². The molecule has 0 aliphatic rings. The standard InChI is InChI=1S/C26H24BrN3O7/c1-34-21-12-17(13-22(35-2)24(21)36-3)25(32)28-15-23(31)30-29-14-16-8-10-18(11-9-16)37-26(33)19-6-4-5-7-20(19)27/h4-14H,15H2,1-3H3,(H,28,32)(H,30,31). The lowest BCUT2D eigenvalue weighted by Crippen LogP contribution is -2.34. The van der Waals surface area contributed by atoms with Crippen LogP contribution in [0.4, 0.5) is 0 Å². The number of hydrogen-bond acceptors (Lipinski definition) is 8. The van der Waals surface area contributed by atoms with Gasteiger partial charge in [-0.3, -0.25) is 9.59 Å². The molecule has 11 heteroatoms. The Balaban J connectivity index is 1.50. The summed E-state index contributed by atoms with van der Waals surface area (Å²) in [7, 11) is 4.34. The van der Waals surface area contributed by atoms with Gasteiger partial charge in [0.05, 0.1) is 39.7 Å². The fourth-order valence-electron chi connectivity index (χ4n) is 3.10. The van der Waals surface area contributed by atoms with Crippen molar-refractivity contribution in [1.82, 2.24) is 10.7 Å². The molecule has 0 saturated heterocycles. The number of methoxy groups -OCH3 is 3. The minimum atomic E-state index is -0.531. The number of benzene rings is 3. The van der Waals surface area contributed by atoms with Crippen molar-refractivity contribution in [3.8, 4) is 23.0 Å². The Morgan fingerprint density at radius 1 is 0.919 bits per heavy atom. The second-order valence-electron chi connectivity index (χ2n) is 7.33. The van der Waals surface area contributed by atoms with E-state index < -0.39 is 17.8 Å². The molecule has 0 heterocycles. The van der Waals surface area contributed by atoms with E-state index in [0.717, 1.165) is 0 Å². The predicted octanol–water partition coefficient (Wildman–Crippen LogP) is 3.57. The van der Waals surface area contributed by atoms with E-state index in [1.807, 2.05) is 0 Å². The van der Waals surface area contributed by atoms with Gasteiger partial charge < -0.3 is 24.3 Å². The number of nitrogens with one attached hydrogen (secondary N) is 2. The van der Waals surface area contributed by atoms with Crippen molar-refractivity contribution < 1.29 is 33.3 Å². The van der Waals surface area contributed by atoms with Crippen LogP contribution < -0.4 is 29.7 Å². The van der Waals surface area contributed by atoms with E-state index in [-0.39, 0.29) is 12.1 Å². The van der Waals surface area contributed by atoms with Crippen LogP contribution in [0.3, 0.4) is 0 Å². The molecule has 0 bridgehead atoms. The van der Waals surface area contributed by atoms with Gasteiger partial charge in [-0.25, -0.2) is 10.2 Å². The zero-order valence-electron chi connectivity index (χ0n) is 20.2. The fraction of sp³-hybridized carbons (Fsp3) is 0.154. The molecule has 192 valence electrons. The van der Waals surface area contributed by atoms with Gasteiger partial charge in [0.2, 0.25) is 5.75 Å². The quantitative estimate of drug-likeness (QED) is 0.165. The summed E-state index contributed by atoms with van der Waals surface area (Å²) >= 11 is 3.32. The molecule has 37 heavy (non-hydrogen) atoms. The molecule has 10 nitrogen and oxygen atoms in total. The van der Waals surface area contributed by atoms with Crippen LogP contribution in [0.5, 0.6) is 23.0 Å². The lowest BCUT2D eigenvalue weighted by Gasteiger charge is -2.14. The summed E-state index contributed by atoms with van der Waals surface area (Å²) in [6, 6.07) is 16.5. The van der Waals surface area contributed by atoms with Crippen molar-refractivity contribution in [1.29, 1.82) is 0 Å². The number of esters is 1. The molecule has 0 radical (unpaired) electrons. The number of carbonyl (C=O) groups is 3. The van der Waals surface area contributed by atoms with E-state index >= 15 is 0 Å². The van der Waals surface area contributed by atoms with Crippen molar-refractivity contribution >= 4 is 39.9 Å². The average Bonchev–Trinajstić information content (AvgIpc) is 2.91. The Morgan fingerprint density at radius 3 is 2.16 bits per heavy atom. The number of hydrazone groups is 1. The third kappa shape index (κ3) is 7.31. The van der Waals surface area contributed by atoms with E-state index in [1.165, 1.54) is 39.7 Å². The molecule has 3 aromatic rings. The van der Waals surface area contributed by atoms with E-state index in [2.05, 4.69) is 31.8 Å². The van der Waals surface area contributed by atoms with Crippen molar-refractivity contribution in [2.75, 3.05) is 27.9 Å². The number of nitrogens with zero attached hydrogens (tertiary/aromatic N) is 1.